The Labute approximate surface area is 165 Å². The first-order valence-corrected chi connectivity index (χ1v) is 9.68. The van der Waals surface area contributed by atoms with Crippen LogP contribution in [0.4, 0.5) is 5.69 Å². The van der Waals surface area contributed by atoms with Gasteiger partial charge in [-0.15, -0.1) is 0 Å². The van der Waals surface area contributed by atoms with Crippen molar-refractivity contribution in [1.29, 1.82) is 0 Å². The van der Waals surface area contributed by atoms with E-state index in [2.05, 4.69) is 6.92 Å². The maximum absolute atomic E-state index is 11.1. The van der Waals surface area contributed by atoms with Crippen LogP contribution in [-0.4, -0.2) is 11.5 Å². The van der Waals surface area contributed by atoms with Crippen LogP contribution in [0.2, 0.25) is 5.02 Å². The minimum Gasteiger partial charge on any atom is -0.493 e. The summed E-state index contributed by atoms with van der Waals surface area (Å²) >= 11 is 5.97. The minimum atomic E-state index is -0.411. The van der Waals surface area contributed by atoms with Crippen LogP contribution in [0.1, 0.15) is 50.2 Å². The van der Waals surface area contributed by atoms with Crippen LogP contribution in [0.3, 0.4) is 0 Å². The van der Waals surface area contributed by atoms with Crippen molar-refractivity contribution in [1.82, 2.24) is 0 Å². The van der Waals surface area contributed by atoms with E-state index < -0.39 is 4.92 Å². The van der Waals surface area contributed by atoms with Crippen LogP contribution < -0.4 is 9.47 Å². The Hall–Kier alpha value is -2.27. The number of halogens is 1. The zero-order valence-electron chi connectivity index (χ0n) is 15.9. The highest BCUT2D eigenvalue weighted by atomic mass is 35.5. The number of nitrogens with zero attached hydrogens (tertiary/aromatic N) is 1. The normalized spacial score (nSPS) is 10.6. The molecule has 0 aliphatic rings. The van der Waals surface area contributed by atoms with Gasteiger partial charge >= 0.3 is 0 Å². The molecule has 0 saturated heterocycles. The first-order chi connectivity index (χ1) is 13.0. The molecule has 0 heterocycles. The van der Waals surface area contributed by atoms with Crippen LogP contribution >= 0.6 is 11.6 Å². The van der Waals surface area contributed by atoms with Gasteiger partial charge in [0.15, 0.2) is 0 Å². The third-order valence-corrected chi connectivity index (χ3v) is 4.52. The summed E-state index contributed by atoms with van der Waals surface area (Å²) in [6.45, 7) is 4.87. The number of benzene rings is 2. The molecule has 0 spiro atoms. The van der Waals surface area contributed by atoms with Crippen LogP contribution in [0, 0.1) is 17.0 Å². The van der Waals surface area contributed by atoms with Crippen molar-refractivity contribution in [2.75, 3.05) is 6.61 Å². The number of non-ortho nitro benzene ring substituents is 1. The third kappa shape index (κ3) is 6.75. The molecule has 0 aliphatic heterocycles. The van der Waals surface area contributed by atoms with Crippen molar-refractivity contribution in [3.8, 4) is 11.5 Å². The van der Waals surface area contributed by atoms with E-state index in [9.17, 15) is 10.1 Å². The summed E-state index contributed by atoms with van der Waals surface area (Å²) < 4.78 is 11.7. The van der Waals surface area contributed by atoms with Gasteiger partial charge in [-0.2, -0.15) is 0 Å². The summed E-state index contributed by atoms with van der Waals surface area (Å²) in [4.78, 5) is 10.7. The van der Waals surface area contributed by atoms with E-state index in [0.717, 1.165) is 18.4 Å². The molecule has 2 aromatic rings. The number of nitro groups is 1. The predicted molar refractivity (Wildman–Crippen MR) is 108 cm³/mol. The molecule has 2 rings (SSSR count). The lowest BCUT2D eigenvalue weighted by Crippen LogP contribution is -2.04. The second-order valence-corrected chi connectivity index (χ2v) is 6.95. The Bertz CT molecular complexity index is 764. The molecule has 2 aromatic carbocycles. The van der Waals surface area contributed by atoms with Gasteiger partial charge in [0.05, 0.1) is 11.5 Å². The van der Waals surface area contributed by atoms with Crippen LogP contribution in [0.15, 0.2) is 36.4 Å². The van der Waals surface area contributed by atoms with Crippen LogP contribution in [0.5, 0.6) is 11.5 Å². The zero-order chi connectivity index (χ0) is 19.6. The summed E-state index contributed by atoms with van der Waals surface area (Å²) in [5.41, 5.74) is 1.59. The zero-order valence-corrected chi connectivity index (χ0v) is 16.6. The second kappa shape index (κ2) is 10.8. The Morgan fingerprint density at radius 2 is 1.74 bits per heavy atom. The van der Waals surface area contributed by atoms with E-state index in [0.29, 0.717) is 28.7 Å². The molecule has 27 heavy (non-hydrogen) atoms. The number of nitro benzene ring substituents is 1. The fourth-order valence-corrected chi connectivity index (χ4v) is 2.98. The lowest BCUT2D eigenvalue weighted by Gasteiger charge is -2.14. The van der Waals surface area contributed by atoms with E-state index >= 15 is 0 Å². The minimum absolute atomic E-state index is 0.0247. The molecule has 0 aliphatic carbocycles. The molecule has 5 nitrogen and oxygen atoms in total. The Balaban J connectivity index is 2.04. The predicted octanol–water partition coefficient (Wildman–Crippen LogP) is 6.48. The van der Waals surface area contributed by atoms with E-state index in [1.807, 2.05) is 13.0 Å². The number of hydrogen-bond acceptors (Lipinski definition) is 4. The number of aryl methyl sites for hydroxylation is 1. The summed E-state index contributed by atoms with van der Waals surface area (Å²) in [6.07, 6.45) is 5.72. The standard InChI is InChI=1S/C21H26ClNO4/c1-3-4-5-6-7-12-26-21-11-9-19(23(24)25)14-17(21)15-27-20-10-8-18(22)13-16(20)2/h8-11,13-14H,3-7,12,15H2,1-2H3. The third-order valence-electron chi connectivity index (χ3n) is 4.28. The second-order valence-electron chi connectivity index (χ2n) is 6.51. The number of rotatable bonds is 11. The van der Waals surface area contributed by atoms with Gasteiger partial charge in [-0.05, 0) is 43.2 Å². The lowest BCUT2D eigenvalue weighted by molar-refractivity contribution is -0.385. The Morgan fingerprint density at radius 3 is 2.44 bits per heavy atom. The largest absolute Gasteiger partial charge is 0.493 e. The maximum Gasteiger partial charge on any atom is 0.270 e. The summed E-state index contributed by atoms with van der Waals surface area (Å²) in [7, 11) is 0. The molecule has 0 N–H and O–H groups in total. The van der Waals surface area contributed by atoms with Crippen LogP contribution in [-0.2, 0) is 6.61 Å². The van der Waals surface area contributed by atoms with E-state index in [4.69, 9.17) is 21.1 Å². The Kier molecular flexibility index (Phi) is 8.40. The molecule has 0 bridgehead atoms. The molecule has 0 aromatic heterocycles. The number of hydrogen-bond donors (Lipinski definition) is 0. The van der Waals surface area contributed by atoms with E-state index in [1.54, 1.807) is 18.2 Å². The molecule has 146 valence electrons. The van der Waals surface area contributed by atoms with Gasteiger partial charge in [0.2, 0.25) is 0 Å². The van der Waals surface area contributed by atoms with Crippen molar-refractivity contribution in [2.45, 2.75) is 52.6 Å². The van der Waals surface area contributed by atoms with Gasteiger partial charge in [0.1, 0.15) is 18.1 Å². The topological polar surface area (TPSA) is 61.6 Å². The summed E-state index contributed by atoms with van der Waals surface area (Å²) in [5.74, 6) is 1.32. The molecule has 0 fully saturated rings. The van der Waals surface area contributed by atoms with Crippen LogP contribution in [0.25, 0.3) is 0 Å². The molecular formula is C21H26ClNO4. The summed E-state index contributed by atoms with van der Waals surface area (Å²) in [6, 6.07) is 9.99. The lowest BCUT2D eigenvalue weighted by atomic mass is 10.1. The van der Waals surface area contributed by atoms with Gasteiger partial charge in [-0.25, -0.2) is 0 Å². The quantitative estimate of drug-likeness (QED) is 0.249. The van der Waals surface area contributed by atoms with Gasteiger partial charge in [-0.3, -0.25) is 10.1 Å². The fourth-order valence-electron chi connectivity index (χ4n) is 2.75. The van der Waals surface area contributed by atoms with E-state index in [-0.39, 0.29) is 12.3 Å². The first-order valence-electron chi connectivity index (χ1n) is 9.30. The highest BCUT2D eigenvalue weighted by Gasteiger charge is 2.13. The molecule has 0 amide bonds. The molecular weight excluding hydrogens is 366 g/mol. The fraction of sp³-hybridized carbons (Fsp3) is 0.429. The Morgan fingerprint density at radius 1 is 1.00 bits per heavy atom. The van der Waals surface area contributed by atoms with Crippen molar-refractivity contribution in [3.63, 3.8) is 0 Å². The van der Waals surface area contributed by atoms with Crippen molar-refractivity contribution in [3.05, 3.63) is 62.7 Å². The monoisotopic (exact) mass is 391 g/mol. The molecule has 0 radical (unpaired) electrons. The smallest absolute Gasteiger partial charge is 0.270 e. The average Bonchev–Trinajstić information content (AvgIpc) is 2.64. The molecule has 0 unspecified atom stereocenters. The van der Waals surface area contributed by atoms with Gasteiger partial charge < -0.3 is 9.47 Å². The summed E-state index contributed by atoms with van der Waals surface area (Å²) in [5, 5.41) is 11.7. The van der Waals surface area contributed by atoms with E-state index in [1.165, 1.54) is 31.4 Å². The van der Waals surface area contributed by atoms with Crippen molar-refractivity contribution < 1.29 is 14.4 Å². The first kappa shape index (κ1) is 21.0. The van der Waals surface area contributed by atoms with Crippen molar-refractivity contribution >= 4 is 17.3 Å². The van der Waals surface area contributed by atoms with Crippen molar-refractivity contribution in [2.24, 2.45) is 0 Å². The number of unbranched alkanes of at least 4 members (excludes halogenated alkanes) is 4. The maximum atomic E-state index is 11.1. The average molecular weight is 392 g/mol. The molecule has 0 atom stereocenters. The molecule has 0 saturated carbocycles. The highest BCUT2D eigenvalue weighted by Crippen LogP contribution is 2.28. The van der Waals surface area contributed by atoms with Gasteiger partial charge in [0.25, 0.3) is 5.69 Å². The SMILES string of the molecule is CCCCCCCOc1ccc([N+](=O)[O-])cc1COc1ccc(Cl)cc1C. The highest BCUT2D eigenvalue weighted by molar-refractivity contribution is 6.30. The molecule has 6 heteroatoms. The number of ether oxygens (including phenoxy) is 2. The van der Waals surface area contributed by atoms with Gasteiger partial charge in [0, 0.05) is 22.7 Å². The van der Waals surface area contributed by atoms with Gasteiger partial charge in [-0.1, -0.05) is 44.2 Å².